The minimum atomic E-state index is 0.378. The van der Waals surface area contributed by atoms with Gasteiger partial charge in [0.2, 0.25) is 0 Å². The van der Waals surface area contributed by atoms with Crippen molar-refractivity contribution in [1.82, 2.24) is 33.9 Å². The Morgan fingerprint density at radius 1 is 1.00 bits per heavy atom. The first-order valence-electron chi connectivity index (χ1n) is 6.85. The van der Waals surface area contributed by atoms with E-state index in [1.165, 1.54) is 6.33 Å². The van der Waals surface area contributed by atoms with Gasteiger partial charge >= 0.3 is 0 Å². The molecule has 0 radical (unpaired) electrons. The standard InChI is InChI=1S/C14H14N8/c1-8-3-21-4-9(2)20-13(21)10(19-8)5-22-7-18-11-12(15)16-6-17-14(11)22/h3-4,6-7H,5H2,1-2H3,(H2,15,16,17). The molecule has 0 aliphatic heterocycles. The van der Waals surface area contributed by atoms with Crippen LogP contribution < -0.4 is 5.73 Å². The van der Waals surface area contributed by atoms with Crippen molar-refractivity contribution in [2.75, 3.05) is 5.73 Å². The maximum Gasteiger partial charge on any atom is 0.165 e. The highest BCUT2D eigenvalue weighted by Gasteiger charge is 2.12. The number of nitrogens with two attached hydrogens (primary N) is 1. The summed E-state index contributed by atoms with van der Waals surface area (Å²) in [4.78, 5) is 21.6. The van der Waals surface area contributed by atoms with Crippen LogP contribution >= 0.6 is 0 Å². The third kappa shape index (κ3) is 1.88. The van der Waals surface area contributed by atoms with E-state index in [4.69, 9.17) is 5.73 Å². The average Bonchev–Trinajstić information content (AvgIpc) is 3.03. The van der Waals surface area contributed by atoms with Gasteiger partial charge in [0.25, 0.3) is 0 Å². The summed E-state index contributed by atoms with van der Waals surface area (Å²) in [5.41, 5.74) is 10.7. The van der Waals surface area contributed by atoms with E-state index < -0.39 is 0 Å². The molecule has 22 heavy (non-hydrogen) atoms. The molecule has 4 aromatic rings. The largest absolute Gasteiger partial charge is 0.382 e. The van der Waals surface area contributed by atoms with E-state index in [0.29, 0.717) is 23.5 Å². The molecule has 0 amide bonds. The Morgan fingerprint density at radius 2 is 1.77 bits per heavy atom. The van der Waals surface area contributed by atoms with Gasteiger partial charge in [0.15, 0.2) is 17.1 Å². The normalized spacial score (nSPS) is 11.5. The minimum absolute atomic E-state index is 0.378. The molecule has 0 saturated heterocycles. The lowest BCUT2D eigenvalue weighted by atomic mass is 10.3. The van der Waals surface area contributed by atoms with Crippen LogP contribution in [0, 0.1) is 13.8 Å². The zero-order valence-corrected chi connectivity index (χ0v) is 12.2. The van der Waals surface area contributed by atoms with Gasteiger partial charge in [-0.1, -0.05) is 0 Å². The van der Waals surface area contributed by atoms with Gasteiger partial charge in [-0.25, -0.2) is 19.9 Å². The molecule has 8 nitrogen and oxygen atoms in total. The zero-order valence-electron chi connectivity index (χ0n) is 12.2. The maximum atomic E-state index is 5.82. The van der Waals surface area contributed by atoms with Gasteiger partial charge in [-0.3, -0.25) is 4.98 Å². The fraction of sp³-hybridized carbons (Fsp3) is 0.214. The van der Waals surface area contributed by atoms with E-state index in [9.17, 15) is 0 Å². The van der Waals surface area contributed by atoms with Gasteiger partial charge in [0, 0.05) is 12.4 Å². The van der Waals surface area contributed by atoms with Crippen LogP contribution in [0.3, 0.4) is 0 Å². The van der Waals surface area contributed by atoms with Gasteiger partial charge in [0.1, 0.15) is 17.5 Å². The van der Waals surface area contributed by atoms with Crippen LogP contribution in [0.1, 0.15) is 17.1 Å². The lowest BCUT2D eigenvalue weighted by Crippen LogP contribution is -2.06. The van der Waals surface area contributed by atoms with E-state index >= 15 is 0 Å². The van der Waals surface area contributed by atoms with Crippen LogP contribution in [-0.4, -0.2) is 33.9 Å². The van der Waals surface area contributed by atoms with Crippen molar-refractivity contribution in [3.8, 4) is 0 Å². The van der Waals surface area contributed by atoms with Crippen LogP contribution in [-0.2, 0) is 6.54 Å². The summed E-state index contributed by atoms with van der Waals surface area (Å²) in [6, 6.07) is 0. The number of aryl methyl sites for hydroxylation is 2. The van der Waals surface area contributed by atoms with Crippen molar-refractivity contribution in [2.24, 2.45) is 0 Å². The molecular formula is C14H14N8. The number of hydrogen-bond acceptors (Lipinski definition) is 6. The number of aromatic nitrogens is 7. The van der Waals surface area contributed by atoms with Crippen LogP contribution in [0.25, 0.3) is 16.8 Å². The number of anilines is 1. The first kappa shape index (κ1) is 12.7. The number of hydrogen-bond donors (Lipinski definition) is 1. The Hall–Kier alpha value is -3.03. The van der Waals surface area contributed by atoms with Crippen molar-refractivity contribution >= 4 is 22.6 Å². The summed E-state index contributed by atoms with van der Waals surface area (Å²) in [6.45, 7) is 4.45. The van der Waals surface area contributed by atoms with Crippen molar-refractivity contribution < 1.29 is 0 Å². The van der Waals surface area contributed by atoms with Gasteiger partial charge in [-0.2, -0.15) is 0 Å². The van der Waals surface area contributed by atoms with E-state index in [1.54, 1.807) is 6.33 Å². The lowest BCUT2D eigenvalue weighted by molar-refractivity contribution is 0.780. The number of nitrogen functional groups attached to an aromatic ring is 1. The summed E-state index contributed by atoms with van der Waals surface area (Å²) >= 11 is 0. The molecule has 2 N–H and O–H groups in total. The third-order valence-corrected chi connectivity index (χ3v) is 3.50. The van der Waals surface area contributed by atoms with Gasteiger partial charge in [0.05, 0.1) is 24.3 Å². The smallest absolute Gasteiger partial charge is 0.165 e. The number of nitrogens with zero attached hydrogens (tertiary/aromatic N) is 7. The van der Waals surface area contributed by atoms with Crippen LogP contribution in [0.15, 0.2) is 25.0 Å². The Balaban J connectivity index is 1.87. The highest BCUT2D eigenvalue weighted by atomic mass is 15.1. The second-order valence-electron chi connectivity index (χ2n) is 5.25. The molecule has 0 spiro atoms. The summed E-state index contributed by atoms with van der Waals surface area (Å²) in [7, 11) is 0. The second-order valence-corrected chi connectivity index (χ2v) is 5.25. The molecule has 4 heterocycles. The third-order valence-electron chi connectivity index (χ3n) is 3.50. The quantitative estimate of drug-likeness (QED) is 0.594. The molecular weight excluding hydrogens is 280 g/mol. The van der Waals surface area contributed by atoms with E-state index in [2.05, 4.69) is 24.9 Å². The molecule has 0 fully saturated rings. The molecule has 0 bridgehead atoms. The number of rotatable bonds is 2. The minimum Gasteiger partial charge on any atom is -0.382 e. The molecule has 0 atom stereocenters. The van der Waals surface area contributed by atoms with Gasteiger partial charge < -0.3 is 14.7 Å². The second kappa shape index (κ2) is 4.48. The van der Waals surface area contributed by atoms with Crippen LogP contribution in [0.2, 0.25) is 0 Å². The van der Waals surface area contributed by atoms with E-state index in [-0.39, 0.29) is 0 Å². The molecule has 0 aliphatic carbocycles. The monoisotopic (exact) mass is 294 g/mol. The fourth-order valence-corrected chi connectivity index (χ4v) is 2.60. The predicted octanol–water partition coefficient (Wildman–Crippen LogP) is 1.12. The average molecular weight is 294 g/mol. The summed E-state index contributed by atoms with van der Waals surface area (Å²) in [6.07, 6.45) is 7.09. The van der Waals surface area contributed by atoms with Crippen molar-refractivity contribution in [1.29, 1.82) is 0 Å². The van der Waals surface area contributed by atoms with Crippen molar-refractivity contribution in [3.05, 3.63) is 42.1 Å². The maximum absolute atomic E-state index is 5.82. The number of imidazole rings is 2. The van der Waals surface area contributed by atoms with Crippen molar-refractivity contribution in [2.45, 2.75) is 20.4 Å². The van der Waals surface area contributed by atoms with Crippen LogP contribution in [0.5, 0.6) is 0 Å². The Kier molecular flexibility index (Phi) is 2.59. The first-order valence-corrected chi connectivity index (χ1v) is 6.85. The van der Waals surface area contributed by atoms with Gasteiger partial charge in [-0.15, -0.1) is 0 Å². The molecule has 110 valence electrons. The predicted molar refractivity (Wildman–Crippen MR) is 81.3 cm³/mol. The first-order chi connectivity index (χ1) is 10.6. The van der Waals surface area contributed by atoms with Gasteiger partial charge in [-0.05, 0) is 13.8 Å². The molecule has 0 saturated carbocycles. The van der Waals surface area contributed by atoms with E-state index in [1.807, 2.05) is 35.2 Å². The fourth-order valence-electron chi connectivity index (χ4n) is 2.60. The summed E-state index contributed by atoms with van der Waals surface area (Å²) in [5, 5.41) is 0. The Labute approximate surface area is 125 Å². The zero-order chi connectivity index (χ0) is 15.3. The Morgan fingerprint density at radius 3 is 2.59 bits per heavy atom. The highest BCUT2D eigenvalue weighted by molar-refractivity contribution is 5.81. The molecule has 4 rings (SSSR count). The molecule has 8 heteroatoms. The SMILES string of the molecule is Cc1cn2cc(C)nc2c(Cn2cnc3c(N)ncnc32)n1. The topological polar surface area (TPSA) is 99.8 Å². The van der Waals surface area contributed by atoms with Crippen molar-refractivity contribution in [3.63, 3.8) is 0 Å². The molecule has 0 unspecified atom stereocenters. The molecule has 0 aliphatic rings. The molecule has 4 aromatic heterocycles. The summed E-state index contributed by atoms with van der Waals surface area (Å²) < 4.78 is 3.90. The lowest BCUT2D eigenvalue weighted by Gasteiger charge is -2.06. The van der Waals surface area contributed by atoms with E-state index in [0.717, 1.165) is 22.7 Å². The summed E-state index contributed by atoms with van der Waals surface area (Å²) in [5.74, 6) is 0.378. The number of fused-ring (bicyclic) bond motifs is 2. The van der Waals surface area contributed by atoms with Crippen LogP contribution in [0.4, 0.5) is 5.82 Å². The Bertz CT molecular complexity index is 997. The molecule has 0 aromatic carbocycles. The highest BCUT2D eigenvalue weighted by Crippen LogP contribution is 2.17.